The van der Waals surface area contributed by atoms with Crippen LogP contribution in [0.4, 0.5) is 4.79 Å². The first-order valence-electron chi connectivity index (χ1n) is 10.2. The Balaban J connectivity index is 1.69. The van der Waals surface area contributed by atoms with Crippen LogP contribution in [0, 0.1) is 0 Å². The van der Waals surface area contributed by atoms with Gasteiger partial charge in [-0.05, 0) is 52.5 Å². The molecule has 0 unspecified atom stereocenters. The van der Waals surface area contributed by atoms with E-state index in [2.05, 4.69) is 0 Å². The maximum absolute atomic E-state index is 12.7. The van der Waals surface area contributed by atoms with E-state index >= 15 is 0 Å². The lowest BCUT2D eigenvalue weighted by Gasteiger charge is -2.45. The molecule has 1 aromatic rings. The average Bonchev–Trinajstić information content (AvgIpc) is 2.81. The van der Waals surface area contributed by atoms with E-state index in [0.29, 0.717) is 32.6 Å². The van der Waals surface area contributed by atoms with Crippen molar-refractivity contribution in [3.05, 3.63) is 35.9 Å². The molecule has 0 aromatic heterocycles. The minimum atomic E-state index is -0.504. The summed E-state index contributed by atoms with van der Waals surface area (Å²) < 4.78 is 11.8. The summed E-state index contributed by atoms with van der Waals surface area (Å²) in [6.45, 7) is 9.85. The quantitative estimate of drug-likeness (QED) is 0.777. The molecule has 2 fully saturated rings. The van der Waals surface area contributed by atoms with Gasteiger partial charge in [-0.25, -0.2) is 4.79 Å². The van der Waals surface area contributed by atoms with Crippen LogP contribution in [0.3, 0.4) is 0 Å². The highest BCUT2D eigenvalue weighted by Gasteiger charge is 2.44. The van der Waals surface area contributed by atoms with Crippen molar-refractivity contribution >= 4 is 12.0 Å². The molecule has 28 heavy (non-hydrogen) atoms. The minimum Gasteiger partial charge on any atom is -0.444 e. The van der Waals surface area contributed by atoms with Crippen LogP contribution in [0.1, 0.15) is 52.5 Å². The zero-order valence-corrected chi connectivity index (χ0v) is 17.4. The number of hydrogen-bond donors (Lipinski definition) is 0. The fourth-order valence-corrected chi connectivity index (χ4v) is 4.04. The molecular formula is C22H32N2O4. The van der Waals surface area contributed by atoms with Gasteiger partial charge in [-0.3, -0.25) is 4.79 Å². The summed E-state index contributed by atoms with van der Waals surface area (Å²) in [5, 5.41) is 0. The highest BCUT2D eigenvalue weighted by Crippen LogP contribution is 2.34. The highest BCUT2D eigenvalue weighted by atomic mass is 16.6. The number of nitrogens with zero attached hydrogens (tertiary/aromatic N) is 2. The molecule has 2 heterocycles. The Bertz CT molecular complexity index is 700. The standard InChI is InChI=1S/C22H32N2O4/c1-17-19(25)24(15-18-9-6-5-7-10-18)16-22(27-17)11-8-13-23(14-12-22)20(26)28-21(2,3)4/h5-7,9-10,17H,8,11-16H2,1-4H3/t17-,22-/m0/s1. The van der Waals surface area contributed by atoms with Crippen molar-refractivity contribution in [3.63, 3.8) is 0 Å². The highest BCUT2D eigenvalue weighted by molar-refractivity contribution is 5.81. The van der Waals surface area contributed by atoms with E-state index in [0.717, 1.165) is 18.4 Å². The Morgan fingerprint density at radius 1 is 1.21 bits per heavy atom. The number of likely N-dealkylation sites (tertiary alicyclic amines) is 1. The second-order valence-electron chi connectivity index (χ2n) is 8.94. The smallest absolute Gasteiger partial charge is 0.410 e. The topological polar surface area (TPSA) is 59.1 Å². The van der Waals surface area contributed by atoms with E-state index in [1.807, 2.05) is 62.9 Å². The average molecular weight is 389 g/mol. The minimum absolute atomic E-state index is 0.0303. The molecule has 2 atom stereocenters. The van der Waals surface area contributed by atoms with Crippen molar-refractivity contribution in [1.29, 1.82) is 0 Å². The van der Waals surface area contributed by atoms with Gasteiger partial charge in [0.15, 0.2) is 0 Å². The number of morpholine rings is 1. The molecule has 2 aliphatic rings. The van der Waals surface area contributed by atoms with Gasteiger partial charge in [0.2, 0.25) is 0 Å². The summed E-state index contributed by atoms with van der Waals surface area (Å²) in [6.07, 6.45) is 1.63. The SMILES string of the molecule is C[C@@H]1O[C@]2(CCCN(C(=O)OC(C)(C)C)CC2)CN(Cc2ccccc2)C1=O. The predicted molar refractivity (Wildman–Crippen MR) is 107 cm³/mol. The van der Waals surface area contributed by atoms with E-state index in [1.165, 1.54) is 0 Å². The van der Waals surface area contributed by atoms with Crippen LogP contribution in [0.2, 0.25) is 0 Å². The lowest BCUT2D eigenvalue weighted by molar-refractivity contribution is -0.184. The number of carbonyl (C=O) groups is 2. The number of hydrogen-bond acceptors (Lipinski definition) is 4. The molecule has 3 rings (SSSR count). The molecule has 2 aliphatic heterocycles. The molecule has 1 spiro atoms. The van der Waals surface area contributed by atoms with E-state index in [4.69, 9.17) is 9.47 Å². The van der Waals surface area contributed by atoms with Crippen molar-refractivity contribution < 1.29 is 19.1 Å². The van der Waals surface area contributed by atoms with Gasteiger partial charge in [-0.1, -0.05) is 30.3 Å². The van der Waals surface area contributed by atoms with Crippen molar-refractivity contribution in [1.82, 2.24) is 9.80 Å². The van der Waals surface area contributed by atoms with Gasteiger partial charge in [-0.2, -0.15) is 0 Å². The fourth-order valence-electron chi connectivity index (χ4n) is 4.04. The summed E-state index contributed by atoms with van der Waals surface area (Å²) in [4.78, 5) is 28.8. The maximum atomic E-state index is 12.7. The molecule has 0 radical (unpaired) electrons. The van der Waals surface area contributed by atoms with Crippen LogP contribution in [0.25, 0.3) is 0 Å². The zero-order valence-electron chi connectivity index (χ0n) is 17.4. The van der Waals surface area contributed by atoms with E-state index in [-0.39, 0.29) is 12.0 Å². The first kappa shape index (κ1) is 20.6. The molecule has 6 nitrogen and oxygen atoms in total. The third-order valence-electron chi connectivity index (χ3n) is 5.33. The Labute approximate surface area is 167 Å². The van der Waals surface area contributed by atoms with Crippen LogP contribution in [-0.2, 0) is 20.8 Å². The Morgan fingerprint density at radius 2 is 1.93 bits per heavy atom. The van der Waals surface area contributed by atoms with Crippen molar-refractivity contribution in [2.24, 2.45) is 0 Å². The summed E-state index contributed by atoms with van der Waals surface area (Å²) in [5.74, 6) is 0.0303. The number of ether oxygens (including phenoxy) is 2. The second kappa shape index (κ2) is 8.11. The first-order chi connectivity index (χ1) is 13.2. The molecular weight excluding hydrogens is 356 g/mol. The third-order valence-corrected chi connectivity index (χ3v) is 5.33. The molecule has 0 N–H and O–H groups in total. The van der Waals surface area contributed by atoms with Gasteiger partial charge >= 0.3 is 6.09 Å². The maximum Gasteiger partial charge on any atom is 0.410 e. The summed E-state index contributed by atoms with van der Waals surface area (Å²) in [6, 6.07) is 10.0. The molecule has 0 aliphatic carbocycles. The predicted octanol–water partition coefficient (Wildman–Crippen LogP) is 3.59. The molecule has 2 amide bonds. The third kappa shape index (κ3) is 5.04. The molecule has 154 valence electrons. The lowest BCUT2D eigenvalue weighted by atomic mass is 9.91. The summed E-state index contributed by atoms with van der Waals surface area (Å²) >= 11 is 0. The van der Waals surface area contributed by atoms with Crippen LogP contribution in [0.5, 0.6) is 0 Å². The number of benzene rings is 1. The van der Waals surface area contributed by atoms with Gasteiger partial charge in [0.1, 0.15) is 11.7 Å². The van der Waals surface area contributed by atoms with Crippen LogP contribution >= 0.6 is 0 Å². The normalized spacial score (nSPS) is 26.3. The zero-order chi connectivity index (χ0) is 20.4. The van der Waals surface area contributed by atoms with E-state index in [1.54, 1.807) is 4.90 Å². The molecule has 1 aromatic carbocycles. The molecule has 0 bridgehead atoms. The van der Waals surface area contributed by atoms with Gasteiger partial charge in [0.25, 0.3) is 5.91 Å². The Morgan fingerprint density at radius 3 is 2.61 bits per heavy atom. The van der Waals surface area contributed by atoms with Crippen LogP contribution in [0.15, 0.2) is 30.3 Å². The van der Waals surface area contributed by atoms with Crippen molar-refractivity contribution in [2.45, 2.75) is 70.8 Å². The van der Waals surface area contributed by atoms with E-state index < -0.39 is 17.3 Å². The monoisotopic (exact) mass is 388 g/mol. The Kier molecular flexibility index (Phi) is 5.98. The number of amides is 2. The van der Waals surface area contributed by atoms with Gasteiger partial charge < -0.3 is 19.3 Å². The lowest BCUT2D eigenvalue weighted by Crippen LogP contribution is -2.57. The Hall–Kier alpha value is -2.08. The van der Waals surface area contributed by atoms with Crippen molar-refractivity contribution in [3.8, 4) is 0 Å². The van der Waals surface area contributed by atoms with Crippen LogP contribution in [-0.4, -0.2) is 58.7 Å². The fraction of sp³-hybridized carbons (Fsp3) is 0.636. The van der Waals surface area contributed by atoms with Gasteiger partial charge in [-0.15, -0.1) is 0 Å². The molecule has 2 saturated heterocycles. The largest absolute Gasteiger partial charge is 0.444 e. The van der Waals surface area contributed by atoms with E-state index in [9.17, 15) is 9.59 Å². The number of rotatable bonds is 2. The summed E-state index contributed by atoms with van der Waals surface area (Å²) in [5.41, 5.74) is 0.207. The second-order valence-corrected chi connectivity index (χ2v) is 8.94. The number of carbonyl (C=O) groups excluding carboxylic acids is 2. The molecule has 6 heteroatoms. The van der Waals surface area contributed by atoms with Gasteiger partial charge in [0.05, 0.1) is 12.1 Å². The first-order valence-corrected chi connectivity index (χ1v) is 10.2. The van der Waals surface area contributed by atoms with Crippen molar-refractivity contribution in [2.75, 3.05) is 19.6 Å². The molecule has 0 saturated carbocycles. The van der Waals surface area contributed by atoms with Gasteiger partial charge in [0, 0.05) is 19.6 Å². The summed E-state index contributed by atoms with van der Waals surface area (Å²) in [7, 11) is 0. The van der Waals surface area contributed by atoms with Crippen LogP contribution < -0.4 is 0 Å².